The van der Waals surface area contributed by atoms with Gasteiger partial charge in [-0.05, 0) is 54.8 Å². The van der Waals surface area contributed by atoms with E-state index in [-0.39, 0.29) is 17.9 Å². The van der Waals surface area contributed by atoms with Gasteiger partial charge in [-0.1, -0.05) is 25.1 Å². The van der Waals surface area contributed by atoms with Crippen LogP contribution in [0.4, 0.5) is 5.69 Å². The van der Waals surface area contributed by atoms with Gasteiger partial charge in [-0.3, -0.25) is 9.59 Å². The van der Waals surface area contributed by atoms with Gasteiger partial charge in [0.15, 0.2) is 0 Å². The third-order valence-corrected chi connectivity index (χ3v) is 5.29. The number of likely N-dealkylation sites (tertiary alicyclic amines) is 1. The van der Waals surface area contributed by atoms with Crippen molar-refractivity contribution < 1.29 is 9.59 Å². The van der Waals surface area contributed by atoms with Crippen LogP contribution in [-0.4, -0.2) is 29.3 Å². The van der Waals surface area contributed by atoms with Crippen molar-refractivity contribution in [1.29, 1.82) is 0 Å². The smallest absolute Gasteiger partial charge is 0.264 e. The van der Waals surface area contributed by atoms with Gasteiger partial charge in [0.05, 0.1) is 4.88 Å². The number of anilines is 1. The maximum Gasteiger partial charge on any atom is 0.264 e. The first-order chi connectivity index (χ1) is 11.7. The molecule has 1 N–H and O–H groups in total. The minimum Gasteiger partial charge on any atom is -0.326 e. The van der Waals surface area contributed by atoms with E-state index in [4.69, 9.17) is 0 Å². The third-order valence-electron chi connectivity index (χ3n) is 4.43. The summed E-state index contributed by atoms with van der Waals surface area (Å²) in [4.78, 5) is 27.8. The SMILES string of the molecule is CCc1ccc(NC(=O)[C@H]2CCCCN2C(=O)c2cccs2)cc1. The topological polar surface area (TPSA) is 49.4 Å². The van der Waals surface area contributed by atoms with Crippen LogP contribution in [0.5, 0.6) is 0 Å². The van der Waals surface area contributed by atoms with E-state index in [1.54, 1.807) is 4.90 Å². The molecule has 0 saturated carbocycles. The van der Waals surface area contributed by atoms with E-state index in [0.29, 0.717) is 11.4 Å². The first-order valence-electron chi connectivity index (χ1n) is 8.43. The van der Waals surface area contributed by atoms with Crippen LogP contribution in [0, 0.1) is 0 Å². The molecule has 1 aromatic heterocycles. The molecular weight excluding hydrogens is 320 g/mol. The Balaban J connectivity index is 1.72. The zero-order valence-corrected chi connectivity index (χ0v) is 14.6. The highest BCUT2D eigenvalue weighted by Gasteiger charge is 2.33. The van der Waals surface area contributed by atoms with E-state index in [0.717, 1.165) is 31.4 Å². The van der Waals surface area contributed by atoms with Crippen molar-refractivity contribution >= 4 is 28.8 Å². The summed E-state index contributed by atoms with van der Waals surface area (Å²) in [5.41, 5.74) is 2.02. The summed E-state index contributed by atoms with van der Waals surface area (Å²) in [6.07, 6.45) is 3.61. The highest BCUT2D eigenvalue weighted by Crippen LogP contribution is 2.23. The van der Waals surface area contributed by atoms with Gasteiger partial charge in [0, 0.05) is 12.2 Å². The lowest BCUT2D eigenvalue weighted by molar-refractivity contribution is -0.121. The average molecular weight is 342 g/mol. The molecule has 2 aromatic rings. The van der Waals surface area contributed by atoms with E-state index in [9.17, 15) is 9.59 Å². The van der Waals surface area contributed by atoms with Gasteiger partial charge < -0.3 is 10.2 Å². The molecule has 0 bridgehead atoms. The lowest BCUT2D eigenvalue weighted by Gasteiger charge is -2.34. The average Bonchev–Trinajstić information content (AvgIpc) is 3.16. The summed E-state index contributed by atoms with van der Waals surface area (Å²) >= 11 is 1.42. The van der Waals surface area contributed by atoms with Crippen LogP contribution in [0.25, 0.3) is 0 Å². The van der Waals surface area contributed by atoms with Gasteiger partial charge in [-0.2, -0.15) is 0 Å². The van der Waals surface area contributed by atoms with E-state index in [1.807, 2.05) is 41.8 Å². The Morgan fingerprint density at radius 1 is 1.21 bits per heavy atom. The van der Waals surface area contributed by atoms with Crippen molar-refractivity contribution in [2.45, 2.75) is 38.6 Å². The molecule has 0 unspecified atom stereocenters. The van der Waals surface area contributed by atoms with Gasteiger partial charge in [0.1, 0.15) is 6.04 Å². The number of thiophene rings is 1. The number of piperidine rings is 1. The Labute approximate surface area is 146 Å². The van der Waals surface area contributed by atoms with Crippen molar-refractivity contribution in [2.24, 2.45) is 0 Å². The molecule has 0 spiro atoms. The Morgan fingerprint density at radius 2 is 2.00 bits per heavy atom. The summed E-state index contributed by atoms with van der Waals surface area (Å²) < 4.78 is 0. The fraction of sp³-hybridized carbons (Fsp3) is 0.368. The Morgan fingerprint density at radius 3 is 2.67 bits per heavy atom. The first kappa shape index (κ1) is 16.7. The standard InChI is InChI=1S/C19H22N2O2S/c1-2-14-8-10-15(11-9-14)20-18(22)16-6-3-4-12-21(16)19(23)17-7-5-13-24-17/h5,7-11,13,16H,2-4,6,12H2,1H3,(H,20,22)/t16-/m1/s1. The van der Waals surface area contributed by atoms with Crippen LogP contribution in [-0.2, 0) is 11.2 Å². The summed E-state index contributed by atoms with van der Waals surface area (Å²) in [5, 5.41) is 4.85. The van der Waals surface area contributed by atoms with Crippen molar-refractivity contribution in [1.82, 2.24) is 4.90 Å². The molecule has 2 amide bonds. The predicted octanol–water partition coefficient (Wildman–Crippen LogP) is 3.94. The van der Waals surface area contributed by atoms with Gasteiger partial charge in [-0.15, -0.1) is 11.3 Å². The fourth-order valence-electron chi connectivity index (χ4n) is 3.04. The summed E-state index contributed by atoms with van der Waals surface area (Å²) in [6.45, 7) is 2.74. The van der Waals surface area contributed by atoms with Crippen molar-refractivity contribution in [2.75, 3.05) is 11.9 Å². The van der Waals surface area contributed by atoms with Crippen LogP contribution >= 0.6 is 11.3 Å². The monoisotopic (exact) mass is 342 g/mol. The van der Waals surface area contributed by atoms with Gasteiger partial charge in [0.2, 0.25) is 5.91 Å². The number of hydrogen-bond acceptors (Lipinski definition) is 3. The number of aryl methyl sites for hydroxylation is 1. The van der Waals surface area contributed by atoms with Crippen LogP contribution in [0.15, 0.2) is 41.8 Å². The number of nitrogens with one attached hydrogen (secondary N) is 1. The molecule has 1 atom stereocenters. The number of carbonyl (C=O) groups excluding carboxylic acids is 2. The van der Waals surface area contributed by atoms with Crippen LogP contribution in [0.3, 0.4) is 0 Å². The highest BCUT2D eigenvalue weighted by atomic mass is 32.1. The molecule has 24 heavy (non-hydrogen) atoms. The predicted molar refractivity (Wildman–Crippen MR) is 97.4 cm³/mol. The molecular formula is C19H22N2O2S. The minimum atomic E-state index is -0.390. The second kappa shape index (κ2) is 7.62. The van der Waals surface area contributed by atoms with Crippen molar-refractivity contribution in [3.63, 3.8) is 0 Å². The van der Waals surface area contributed by atoms with E-state index < -0.39 is 0 Å². The van der Waals surface area contributed by atoms with E-state index >= 15 is 0 Å². The maximum atomic E-state index is 12.7. The summed E-state index contributed by atoms with van der Waals surface area (Å²) in [6, 6.07) is 11.2. The van der Waals surface area contributed by atoms with Gasteiger partial charge in [0.25, 0.3) is 5.91 Å². The van der Waals surface area contributed by atoms with Crippen molar-refractivity contribution in [3.8, 4) is 0 Å². The van der Waals surface area contributed by atoms with Gasteiger partial charge >= 0.3 is 0 Å². The number of nitrogens with zero attached hydrogens (tertiary/aromatic N) is 1. The molecule has 1 saturated heterocycles. The zero-order valence-electron chi connectivity index (χ0n) is 13.8. The summed E-state index contributed by atoms with van der Waals surface area (Å²) in [5.74, 6) is -0.130. The van der Waals surface area contributed by atoms with Crippen LogP contribution < -0.4 is 5.32 Å². The van der Waals surface area contributed by atoms with Crippen LogP contribution in [0.1, 0.15) is 41.4 Å². The quantitative estimate of drug-likeness (QED) is 0.915. The normalized spacial score (nSPS) is 17.5. The Bertz CT molecular complexity index is 695. The maximum absolute atomic E-state index is 12.7. The van der Waals surface area contributed by atoms with Gasteiger partial charge in [-0.25, -0.2) is 0 Å². The number of amides is 2. The second-order valence-corrected chi connectivity index (χ2v) is 6.97. The number of rotatable bonds is 4. The molecule has 3 rings (SSSR count). The van der Waals surface area contributed by atoms with E-state index in [2.05, 4.69) is 12.2 Å². The number of carbonyl (C=O) groups is 2. The van der Waals surface area contributed by atoms with E-state index in [1.165, 1.54) is 16.9 Å². The molecule has 1 fully saturated rings. The molecule has 0 radical (unpaired) electrons. The van der Waals surface area contributed by atoms with Crippen molar-refractivity contribution in [3.05, 3.63) is 52.2 Å². The molecule has 5 heteroatoms. The lowest BCUT2D eigenvalue weighted by Crippen LogP contribution is -2.49. The first-order valence-corrected chi connectivity index (χ1v) is 9.31. The van der Waals surface area contributed by atoms with Crippen LogP contribution in [0.2, 0.25) is 0 Å². The molecule has 1 aliphatic heterocycles. The third kappa shape index (κ3) is 3.67. The fourth-order valence-corrected chi connectivity index (χ4v) is 3.72. The Kier molecular flexibility index (Phi) is 5.30. The Hall–Kier alpha value is -2.14. The molecule has 1 aliphatic rings. The molecule has 126 valence electrons. The minimum absolute atomic E-state index is 0.0359. The molecule has 0 aliphatic carbocycles. The zero-order chi connectivity index (χ0) is 16.9. The summed E-state index contributed by atoms with van der Waals surface area (Å²) in [7, 11) is 0. The second-order valence-electron chi connectivity index (χ2n) is 6.03. The highest BCUT2D eigenvalue weighted by molar-refractivity contribution is 7.12. The number of benzene rings is 1. The largest absolute Gasteiger partial charge is 0.326 e. The molecule has 1 aromatic carbocycles. The number of hydrogen-bond donors (Lipinski definition) is 1. The lowest BCUT2D eigenvalue weighted by atomic mass is 10.0. The molecule has 4 nitrogen and oxygen atoms in total. The molecule has 2 heterocycles.